The van der Waals surface area contributed by atoms with Crippen LogP contribution in [-0.2, 0) is 10.0 Å². The lowest BCUT2D eigenvalue weighted by Gasteiger charge is -2.21. The Morgan fingerprint density at radius 1 is 1.00 bits per heavy atom. The Labute approximate surface area is 131 Å². The molecular weight excluding hydrogens is 331 g/mol. The molecule has 8 heteroatoms. The Morgan fingerprint density at radius 3 is 2.26 bits per heavy atom. The minimum atomic E-state index is -4.21. The fraction of sp³-hybridized carbons (Fsp3) is 0.200. The molecule has 2 rings (SSSR count). The van der Waals surface area contributed by atoms with E-state index in [1.807, 2.05) is 0 Å². The van der Waals surface area contributed by atoms with Crippen LogP contribution in [-0.4, -0.2) is 19.6 Å². The van der Waals surface area contributed by atoms with E-state index in [2.05, 4.69) is 4.72 Å². The smallest absolute Gasteiger partial charge is 0.243 e. The van der Waals surface area contributed by atoms with Crippen LogP contribution in [0.15, 0.2) is 47.4 Å². The topological polar surface area (TPSA) is 66.4 Å². The normalized spacial score (nSPS) is 14.5. The van der Waals surface area contributed by atoms with Gasteiger partial charge in [-0.2, -0.15) is 0 Å². The first-order valence-corrected chi connectivity index (χ1v) is 8.10. The molecule has 0 fully saturated rings. The van der Waals surface area contributed by atoms with Gasteiger partial charge in [0.15, 0.2) is 11.6 Å². The highest BCUT2D eigenvalue weighted by molar-refractivity contribution is 7.89. The largest absolute Gasteiger partial charge is 0.387 e. The number of halogens is 3. The minimum Gasteiger partial charge on any atom is -0.387 e. The predicted octanol–water partition coefficient (Wildman–Crippen LogP) is 2.50. The lowest BCUT2D eigenvalue weighted by atomic mass is 10.0. The van der Waals surface area contributed by atoms with Crippen molar-refractivity contribution in [3.63, 3.8) is 0 Å². The Morgan fingerprint density at radius 2 is 1.65 bits per heavy atom. The highest BCUT2D eigenvalue weighted by Crippen LogP contribution is 2.21. The van der Waals surface area contributed by atoms with Gasteiger partial charge in [0.2, 0.25) is 10.0 Å². The summed E-state index contributed by atoms with van der Waals surface area (Å²) in [4.78, 5) is -0.565. The Bertz CT molecular complexity index is 811. The quantitative estimate of drug-likeness (QED) is 0.875. The summed E-state index contributed by atoms with van der Waals surface area (Å²) in [6.45, 7) is 1.32. The molecule has 0 spiro atoms. The van der Waals surface area contributed by atoms with E-state index < -0.39 is 44.5 Å². The number of hydrogen-bond acceptors (Lipinski definition) is 3. The fourth-order valence-electron chi connectivity index (χ4n) is 2.02. The van der Waals surface area contributed by atoms with Crippen molar-refractivity contribution in [3.05, 3.63) is 65.5 Å². The monoisotopic (exact) mass is 345 g/mol. The van der Waals surface area contributed by atoms with E-state index in [9.17, 15) is 26.7 Å². The zero-order valence-corrected chi connectivity index (χ0v) is 12.8. The molecule has 0 radical (unpaired) electrons. The zero-order valence-electron chi connectivity index (χ0n) is 12.0. The first kappa shape index (κ1) is 17.5. The van der Waals surface area contributed by atoms with Crippen molar-refractivity contribution in [2.45, 2.75) is 24.0 Å². The van der Waals surface area contributed by atoms with Gasteiger partial charge in [-0.3, -0.25) is 0 Å². The summed E-state index contributed by atoms with van der Waals surface area (Å²) in [7, 11) is -4.21. The lowest BCUT2D eigenvalue weighted by Crippen LogP contribution is -2.37. The number of sulfonamides is 1. The predicted molar refractivity (Wildman–Crippen MR) is 77.5 cm³/mol. The van der Waals surface area contributed by atoms with Gasteiger partial charge in [0.05, 0.1) is 6.10 Å². The van der Waals surface area contributed by atoms with Crippen molar-refractivity contribution < 1.29 is 26.7 Å². The minimum absolute atomic E-state index is 0.00682. The average molecular weight is 345 g/mol. The summed E-state index contributed by atoms with van der Waals surface area (Å²) in [5, 5.41) is 10.1. The summed E-state index contributed by atoms with van der Waals surface area (Å²) in [5.74, 6) is -3.18. The van der Waals surface area contributed by atoms with Crippen LogP contribution in [0.2, 0.25) is 0 Å². The van der Waals surface area contributed by atoms with E-state index in [1.165, 1.54) is 19.1 Å². The SMILES string of the molecule is C[C@@H](NS(=O)(=O)c1ccccc1F)[C@H](O)c1ccc(F)c(F)c1. The van der Waals surface area contributed by atoms with Gasteiger partial charge in [0.1, 0.15) is 10.7 Å². The Balaban J connectivity index is 2.22. The molecule has 2 aromatic carbocycles. The van der Waals surface area contributed by atoms with Gasteiger partial charge in [0, 0.05) is 6.04 Å². The van der Waals surface area contributed by atoms with Crippen LogP contribution in [0.1, 0.15) is 18.6 Å². The van der Waals surface area contributed by atoms with E-state index in [4.69, 9.17) is 0 Å². The molecule has 0 aliphatic rings. The van der Waals surface area contributed by atoms with Crippen LogP contribution >= 0.6 is 0 Å². The summed E-state index contributed by atoms with van der Waals surface area (Å²) in [6.07, 6.45) is -1.44. The second-order valence-electron chi connectivity index (χ2n) is 4.96. The Hall–Kier alpha value is -1.90. The van der Waals surface area contributed by atoms with E-state index >= 15 is 0 Å². The van der Waals surface area contributed by atoms with E-state index in [0.717, 1.165) is 30.3 Å². The molecule has 0 aliphatic carbocycles. The molecule has 2 atom stereocenters. The first-order valence-electron chi connectivity index (χ1n) is 6.62. The standard InChI is InChI=1S/C15H14F3NO3S/c1-9(15(20)10-6-7-11(16)13(18)8-10)19-23(21,22)14-5-3-2-4-12(14)17/h2-9,15,19-20H,1H3/t9-,15+/m1/s1. The number of rotatable bonds is 5. The number of aliphatic hydroxyl groups is 1. The molecule has 124 valence electrons. The van der Waals surface area contributed by atoms with Gasteiger partial charge in [0.25, 0.3) is 0 Å². The van der Waals surface area contributed by atoms with Crippen molar-refractivity contribution in [1.82, 2.24) is 4.72 Å². The van der Waals surface area contributed by atoms with Gasteiger partial charge in [-0.15, -0.1) is 0 Å². The molecule has 0 aliphatic heterocycles. The fourth-order valence-corrected chi connectivity index (χ4v) is 3.35. The van der Waals surface area contributed by atoms with Crippen molar-refractivity contribution in [2.24, 2.45) is 0 Å². The summed E-state index contributed by atoms with van der Waals surface area (Å²) >= 11 is 0. The second-order valence-corrected chi connectivity index (χ2v) is 6.64. The number of nitrogens with one attached hydrogen (secondary N) is 1. The van der Waals surface area contributed by atoms with Crippen LogP contribution in [0.25, 0.3) is 0 Å². The van der Waals surface area contributed by atoms with Crippen molar-refractivity contribution in [3.8, 4) is 0 Å². The second kappa shape index (κ2) is 6.69. The highest BCUT2D eigenvalue weighted by Gasteiger charge is 2.26. The van der Waals surface area contributed by atoms with E-state index in [1.54, 1.807) is 0 Å². The van der Waals surface area contributed by atoms with Crippen LogP contribution < -0.4 is 4.72 Å². The molecule has 0 saturated carbocycles. The van der Waals surface area contributed by atoms with Crippen molar-refractivity contribution >= 4 is 10.0 Å². The lowest BCUT2D eigenvalue weighted by molar-refractivity contribution is 0.146. The molecule has 0 saturated heterocycles. The molecule has 0 heterocycles. The molecule has 2 aromatic rings. The van der Waals surface area contributed by atoms with E-state index in [0.29, 0.717) is 0 Å². The molecule has 0 aromatic heterocycles. The highest BCUT2D eigenvalue weighted by atomic mass is 32.2. The molecule has 0 bridgehead atoms. The Kier molecular flexibility index (Phi) is 5.08. The van der Waals surface area contributed by atoms with Crippen LogP contribution in [0.5, 0.6) is 0 Å². The van der Waals surface area contributed by atoms with Gasteiger partial charge >= 0.3 is 0 Å². The summed E-state index contributed by atoms with van der Waals surface area (Å²) < 4.78 is 66.0. The maximum Gasteiger partial charge on any atom is 0.243 e. The third-order valence-corrected chi connectivity index (χ3v) is 4.82. The number of aliphatic hydroxyl groups excluding tert-OH is 1. The van der Waals surface area contributed by atoms with Gasteiger partial charge in [-0.05, 0) is 36.8 Å². The van der Waals surface area contributed by atoms with Crippen molar-refractivity contribution in [2.75, 3.05) is 0 Å². The number of hydrogen-bond donors (Lipinski definition) is 2. The molecule has 0 amide bonds. The maximum absolute atomic E-state index is 13.6. The van der Waals surface area contributed by atoms with E-state index in [-0.39, 0.29) is 5.56 Å². The molecule has 0 unspecified atom stereocenters. The van der Waals surface area contributed by atoms with Gasteiger partial charge in [-0.25, -0.2) is 26.3 Å². The average Bonchev–Trinajstić information content (AvgIpc) is 2.49. The van der Waals surface area contributed by atoms with Crippen LogP contribution in [0.4, 0.5) is 13.2 Å². The first-order chi connectivity index (χ1) is 10.7. The zero-order chi connectivity index (χ0) is 17.2. The van der Waals surface area contributed by atoms with Crippen LogP contribution in [0, 0.1) is 17.5 Å². The summed E-state index contributed by atoms with van der Waals surface area (Å²) in [5.41, 5.74) is -0.00682. The number of benzene rings is 2. The van der Waals surface area contributed by atoms with Gasteiger partial charge < -0.3 is 5.11 Å². The summed E-state index contributed by atoms with van der Waals surface area (Å²) in [6, 6.07) is 6.41. The van der Waals surface area contributed by atoms with Crippen molar-refractivity contribution in [1.29, 1.82) is 0 Å². The third kappa shape index (κ3) is 3.90. The molecule has 2 N–H and O–H groups in total. The maximum atomic E-state index is 13.6. The van der Waals surface area contributed by atoms with Crippen LogP contribution in [0.3, 0.4) is 0 Å². The molecular formula is C15H14F3NO3S. The molecule has 4 nitrogen and oxygen atoms in total. The third-order valence-electron chi connectivity index (χ3n) is 3.23. The molecule has 23 heavy (non-hydrogen) atoms. The van der Waals surface area contributed by atoms with Gasteiger partial charge in [-0.1, -0.05) is 18.2 Å².